The number of hydrogen-bond donors (Lipinski definition) is 2. The number of esters is 2. The van der Waals surface area contributed by atoms with E-state index in [0.717, 1.165) is 39.0 Å². The molecular weight excluding hydrogens is 544 g/mol. The highest BCUT2D eigenvalue weighted by molar-refractivity contribution is 5.78. The Bertz CT molecular complexity index is 829. The van der Waals surface area contributed by atoms with Crippen LogP contribution in [0.5, 0.6) is 0 Å². The molecule has 0 aromatic heterocycles. The molecule has 0 radical (unpaired) electrons. The molecule has 0 amide bonds. The number of ether oxygens (including phenoxy) is 2. The molecule has 2 aliphatic heterocycles. The zero-order valence-corrected chi connectivity index (χ0v) is 26.6. The van der Waals surface area contributed by atoms with Gasteiger partial charge in [0, 0.05) is 65.2 Å². The van der Waals surface area contributed by atoms with Crippen molar-refractivity contribution < 1.29 is 38.9 Å². The number of carbonyl (C=O) groups excluding carboxylic acids is 2. The molecule has 0 saturated carbocycles. The molecule has 0 spiro atoms. The zero-order valence-electron chi connectivity index (χ0n) is 26.6. The van der Waals surface area contributed by atoms with Crippen molar-refractivity contribution in [2.75, 3.05) is 65.4 Å². The lowest BCUT2D eigenvalue weighted by Crippen LogP contribution is -2.52. The van der Waals surface area contributed by atoms with Crippen LogP contribution in [-0.4, -0.2) is 142 Å². The van der Waals surface area contributed by atoms with E-state index < -0.39 is 35.2 Å². The minimum atomic E-state index is -0.933. The predicted octanol–water partition coefficient (Wildman–Crippen LogP) is 2.15. The third-order valence-corrected chi connectivity index (χ3v) is 7.48. The van der Waals surface area contributed by atoms with Gasteiger partial charge in [0.05, 0.1) is 0 Å². The summed E-state index contributed by atoms with van der Waals surface area (Å²) in [7, 11) is 0. The van der Waals surface area contributed by atoms with Crippen molar-refractivity contribution in [3.63, 3.8) is 0 Å². The molecule has 4 atom stereocenters. The van der Waals surface area contributed by atoms with E-state index in [-0.39, 0.29) is 37.6 Å². The number of aliphatic carboxylic acids is 2. The maximum absolute atomic E-state index is 13.2. The van der Waals surface area contributed by atoms with Crippen LogP contribution in [0.4, 0.5) is 0 Å². The standard InChI is InChI=1S/C30H54N4O8/c1-29(2,3)41-27(39)23(9-11-25(35)36)33-15-7-13-32-18-17-31(19-21-33)14-8-16-34(22-20-32)24(10-12-26(37)38)28(40)42-30(4,5)6/h23-24H,7-22H2,1-6H3,(H,35,36)(H,37,38). The topological polar surface area (TPSA) is 140 Å². The van der Waals surface area contributed by atoms with Crippen LogP contribution in [0.1, 0.15) is 80.1 Å². The second kappa shape index (κ2) is 16.5. The van der Waals surface area contributed by atoms with Crippen LogP contribution >= 0.6 is 0 Å². The van der Waals surface area contributed by atoms with Gasteiger partial charge in [-0.25, -0.2) is 0 Å². The molecule has 2 N–H and O–H groups in total. The van der Waals surface area contributed by atoms with E-state index in [1.807, 2.05) is 41.5 Å². The van der Waals surface area contributed by atoms with Crippen LogP contribution in [-0.2, 0) is 28.7 Å². The van der Waals surface area contributed by atoms with Gasteiger partial charge in [0.2, 0.25) is 0 Å². The lowest BCUT2D eigenvalue weighted by Gasteiger charge is -2.39. The van der Waals surface area contributed by atoms with E-state index in [9.17, 15) is 29.4 Å². The lowest BCUT2D eigenvalue weighted by molar-refractivity contribution is -0.163. The average Bonchev–Trinajstić information content (AvgIpc) is 2.84. The van der Waals surface area contributed by atoms with E-state index in [0.29, 0.717) is 39.3 Å². The van der Waals surface area contributed by atoms with Gasteiger partial charge in [-0.2, -0.15) is 0 Å². The molecule has 2 saturated heterocycles. The van der Waals surface area contributed by atoms with E-state index >= 15 is 0 Å². The van der Waals surface area contributed by atoms with E-state index in [2.05, 4.69) is 19.6 Å². The monoisotopic (exact) mass is 598 g/mol. The molecule has 0 aliphatic carbocycles. The Hall–Kier alpha value is -2.28. The Morgan fingerprint density at radius 2 is 0.905 bits per heavy atom. The summed E-state index contributed by atoms with van der Waals surface area (Å²) in [6.45, 7) is 18.1. The fourth-order valence-corrected chi connectivity index (χ4v) is 5.49. The highest BCUT2D eigenvalue weighted by atomic mass is 16.6. The largest absolute Gasteiger partial charge is 0.481 e. The van der Waals surface area contributed by atoms with Crippen LogP contribution in [0.2, 0.25) is 0 Å². The Labute approximate surface area is 251 Å². The minimum absolute atomic E-state index is 0.104. The maximum atomic E-state index is 13.2. The van der Waals surface area contributed by atoms with Gasteiger partial charge in [0.1, 0.15) is 23.3 Å². The van der Waals surface area contributed by atoms with Gasteiger partial charge in [0.15, 0.2) is 0 Å². The van der Waals surface area contributed by atoms with E-state index in [4.69, 9.17) is 9.47 Å². The second-order valence-electron chi connectivity index (χ2n) is 13.4. The number of fused-ring (bicyclic) bond motifs is 3. The summed E-state index contributed by atoms with van der Waals surface area (Å²) in [6, 6.07) is -1.25. The second-order valence-corrected chi connectivity index (χ2v) is 13.4. The quantitative estimate of drug-likeness (QED) is 0.356. The number of carboxylic acid groups (broad SMARTS) is 2. The van der Waals surface area contributed by atoms with Gasteiger partial charge in [-0.15, -0.1) is 0 Å². The summed E-state index contributed by atoms with van der Waals surface area (Å²) in [4.78, 5) is 58.0. The van der Waals surface area contributed by atoms with Crippen molar-refractivity contribution >= 4 is 23.9 Å². The third kappa shape index (κ3) is 13.8. The molecule has 0 aromatic carbocycles. The zero-order chi connectivity index (χ0) is 31.5. The number of hydrogen-bond acceptors (Lipinski definition) is 10. The first-order valence-corrected chi connectivity index (χ1v) is 15.4. The molecule has 0 aromatic rings. The molecule has 2 rings (SSSR count). The number of carboxylic acids is 2. The molecule has 2 aliphatic rings. The van der Waals surface area contributed by atoms with Gasteiger partial charge in [-0.3, -0.25) is 29.0 Å². The Morgan fingerprint density at radius 1 is 0.571 bits per heavy atom. The summed E-state index contributed by atoms with van der Waals surface area (Å²) in [5.41, 5.74) is -1.33. The first-order chi connectivity index (χ1) is 19.5. The highest BCUT2D eigenvalue weighted by Gasteiger charge is 2.33. The maximum Gasteiger partial charge on any atom is 0.323 e. The number of carbonyl (C=O) groups is 4. The predicted molar refractivity (Wildman–Crippen MR) is 158 cm³/mol. The van der Waals surface area contributed by atoms with Gasteiger partial charge in [0.25, 0.3) is 0 Å². The van der Waals surface area contributed by atoms with Gasteiger partial charge < -0.3 is 29.5 Å². The van der Waals surface area contributed by atoms with Crippen LogP contribution in [0.3, 0.4) is 0 Å². The number of nitrogens with zero attached hydrogens (tertiary/aromatic N) is 4. The summed E-state index contributed by atoms with van der Waals surface area (Å²) in [5, 5.41) is 18.7. The Morgan fingerprint density at radius 3 is 1.21 bits per heavy atom. The highest BCUT2D eigenvalue weighted by Crippen LogP contribution is 2.19. The van der Waals surface area contributed by atoms with Crippen LogP contribution in [0, 0.1) is 0 Å². The summed E-state index contributed by atoms with van der Waals surface area (Å²) in [5.74, 6) is -2.62. The molecule has 12 nitrogen and oxygen atoms in total. The lowest BCUT2D eigenvalue weighted by atomic mass is 10.1. The smallest absolute Gasteiger partial charge is 0.323 e. The van der Waals surface area contributed by atoms with Crippen molar-refractivity contribution in [2.24, 2.45) is 0 Å². The van der Waals surface area contributed by atoms with Crippen LogP contribution < -0.4 is 0 Å². The summed E-state index contributed by atoms with van der Waals surface area (Å²) in [6.07, 6.45) is 1.78. The van der Waals surface area contributed by atoms with E-state index in [1.54, 1.807) is 0 Å². The van der Waals surface area contributed by atoms with Gasteiger partial charge in [-0.05, 0) is 80.3 Å². The first-order valence-electron chi connectivity index (χ1n) is 15.4. The fourth-order valence-electron chi connectivity index (χ4n) is 5.49. The molecule has 2 heterocycles. The SMILES string of the molecule is CC(C)(C)OC(=O)C(CCC(=O)O)N1CCCN2CCN(CCCN(C(CCC(=O)O)C(=O)OC(C)(C)C)CC2)CC1. The van der Waals surface area contributed by atoms with Crippen molar-refractivity contribution in [1.82, 2.24) is 19.6 Å². The van der Waals surface area contributed by atoms with Gasteiger partial charge in [-0.1, -0.05) is 0 Å². The van der Waals surface area contributed by atoms with Crippen LogP contribution in [0.25, 0.3) is 0 Å². The molecular formula is C30H54N4O8. The van der Waals surface area contributed by atoms with Crippen molar-refractivity contribution in [3.8, 4) is 0 Å². The Kier molecular flexibility index (Phi) is 14.1. The summed E-state index contributed by atoms with van der Waals surface area (Å²) >= 11 is 0. The molecule has 2 bridgehead atoms. The van der Waals surface area contributed by atoms with E-state index in [1.165, 1.54) is 0 Å². The molecule has 242 valence electrons. The summed E-state index contributed by atoms with van der Waals surface area (Å²) < 4.78 is 11.4. The van der Waals surface area contributed by atoms with Crippen LogP contribution in [0.15, 0.2) is 0 Å². The Balaban J connectivity index is 2.19. The minimum Gasteiger partial charge on any atom is -0.481 e. The number of rotatable bonds is 10. The normalized spacial score (nSPS) is 23.4. The molecule has 12 heteroatoms. The van der Waals surface area contributed by atoms with Gasteiger partial charge >= 0.3 is 23.9 Å². The fraction of sp³-hybridized carbons (Fsp3) is 0.867. The molecule has 42 heavy (non-hydrogen) atoms. The molecule has 2 fully saturated rings. The molecule has 4 unspecified atom stereocenters. The van der Waals surface area contributed by atoms with Crippen molar-refractivity contribution in [1.29, 1.82) is 0 Å². The first kappa shape index (κ1) is 35.9. The third-order valence-electron chi connectivity index (χ3n) is 7.48. The van der Waals surface area contributed by atoms with Crippen molar-refractivity contribution in [2.45, 2.75) is 103 Å². The average molecular weight is 599 g/mol. The van der Waals surface area contributed by atoms with Crippen molar-refractivity contribution in [3.05, 3.63) is 0 Å².